The van der Waals surface area contributed by atoms with Crippen molar-refractivity contribution in [2.75, 3.05) is 12.5 Å². The van der Waals surface area contributed by atoms with E-state index in [2.05, 4.69) is 27.9 Å². The summed E-state index contributed by atoms with van der Waals surface area (Å²) in [6.07, 6.45) is 0. The van der Waals surface area contributed by atoms with E-state index >= 15 is 0 Å². The number of halogens is 7. The molecule has 0 atom stereocenters. The van der Waals surface area contributed by atoms with Gasteiger partial charge in [0.25, 0.3) is 0 Å². The molecule has 0 rings (SSSR count). The van der Waals surface area contributed by atoms with Crippen LogP contribution in [-0.4, -0.2) is 34.1 Å². The Morgan fingerprint density at radius 2 is 1.43 bits per heavy atom. The molecule has 0 amide bonds. The number of ether oxygens (including phenoxy) is 1. The average Bonchev–Trinajstić information content (AvgIpc) is 1.95. The van der Waals surface area contributed by atoms with E-state index in [4.69, 9.17) is 16.7 Å². The number of aliphatic hydroxyl groups is 1. The molecule has 0 fully saturated rings. The van der Waals surface area contributed by atoms with Gasteiger partial charge in [-0.15, -0.1) is 11.6 Å². The van der Waals surface area contributed by atoms with Gasteiger partial charge in [-0.05, 0) is 23.2 Å². The van der Waals surface area contributed by atoms with Gasteiger partial charge in [0.15, 0.2) is 0 Å². The van der Waals surface area contributed by atoms with Crippen LogP contribution in [0.15, 0.2) is 0 Å². The second-order valence-electron chi connectivity index (χ2n) is 2.18. The highest BCUT2D eigenvalue weighted by Crippen LogP contribution is 2.46. The SMILES string of the molecule is OC(OCCCl)(C(F)(F)Cl)C(F)(F)Cl. The zero-order valence-corrected chi connectivity index (χ0v) is 8.68. The summed E-state index contributed by atoms with van der Waals surface area (Å²) in [6, 6.07) is 0. The lowest BCUT2D eigenvalue weighted by atomic mass is 10.3. The Hall–Kier alpha value is 0.510. The summed E-state index contributed by atoms with van der Waals surface area (Å²) >= 11 is 13.5. The second kappa shape index (κ2) is 4.57. The Balaban J connectivity index is 4.87. The fraction of sp³-hybridized carbons (Fsp3) is 1.00. The standard InChI is InChI=1S/C5H5Cl3F4O2/c6-1-2-14-3(13,4(7,9)10)5(8,11)12/h13H,1-2H2. The van der Waals surface area contributed by atoms with Crippen LogP contribution in [0.1, 0.15) is 0 Å². The maximum absolute atomic E-state index is 12.4. The molecule has 9 heteroatoms. The van der Waals surface area contributed by atoms with Gasteiger partial charge in [-0.1, -0.05) is 0 Å². The summed E-state index contributed by atoms with van der Waals surface area (Å²) in [5.41, 5.74) is 0. The normalized spacial score (nSPS) is 14.6. The summed E-state index contributed by atoms with van der Waals surface area (Å²) in [6.45, 7) is -0.761. The second-order valence-corrected chi connectivity index (χ2v) is 3.50. The van der Waals surface area contributed by atoms with Gasteiger partial charge in [0.05, 0.1) is 6.61 Å². The summed E-state index contributed by atoms with van der Waals surface area (Å²) < 4.78 is 53.3. The molecule has 14 heavy (non-hydrogen) atoms. The molecule has 0 bridgehead atoms. The van der Waals surface area contributed by atoms with Crippen LogP contribution >= 0.6 is 34.8 Å². The average molecular weight is 279 g/mol. The maximum atomic E-state index is 12.4. The molecule has 86 valence electrons. The molecule has 1 N–H and O–H groups in total. The smallest absolute Gasteiger partial charge is 0.354 e. The molecular weight excluding hydrogens is 274 g/mol. The van der Waals surface area contributed by atoms with Gasteiger partial charge in [0, 0.05) is 5.88 Å². The molecule has 0 saturated carbocycles. The van der Waals surface area contributed by atoms with Crippen LogP contribution in [0.2, 0.25) is 0 Å². The van der Waals surface area contributed by atoms with E-state index in [-0.39, 0.29) is 5.88 Å². The molecule has 2 nitrogen and oxygen atoms in total. The lowest BCUT2D eigenvalue weighted by Crippen LogP contribution is -2.58. The highest BCUT2D eigenvalue weighted by atomic mass is 35.5. The van der Waals surface area contributed by atoms with Crippen LogP contribution in [0.25, 0.3) is 0 Å². The van der Waals surface area contributed by atoms with Crippen molar-refractivity contribution in [1.29, 1.82) is 0 Å². The lowest BCUT2D eigenvalue weighted by molar-refractivity contribution is -0.348. The van der Waals surface area contributed by atoms with Crippen LogP contribution in [0, 0.1) is 0 Å². The van der Waals surface area contributed by atoms with E-state index in [9.17, 15) is 17.6 Å². The van der Waals surface area contributed by atoms with E-state index in [0.717, 1.165) is 0 Å². The van der Waals surface area contributed by atoms with Crippen molar-refractivity contribution < 1.29 is 27.4 Å². The van der Waals surface area contributed by atoms with Crippen LogP contribution in [-0.2, 0) is 4.74 Å². The minimum absolute atomic E-state index is 0.387. The molecule has 0 saturated heterocycles. The van der Waals surface area contributed by atoms with E-state index < -0.39 is 23.2 Å². The maximum Gasteiger partial charge on any atom is 0.382 e. The van der Waals surface area contributed by atoms with Gasteiger partial charge in [-0.2, -0.15) is 17.6 Å². The summed E-state index contributed by atoms with van der Waals surface area (Å²) in [5.74, 6) is -4.68. The molecule has 0 aromatic heterocycles. The molecule has 0 radical (unpaired) electrons. The van der Waals surface area contributed by atoms with Gasteiger partial charge in [-0.3, -0.25) is 0 Å². The van der Waals surface area contributed by atoms with Crippen molar-refractivity contribution in [3.05, 3.63) is 0 Å². The lowest BCUT2D eigenvalue weighted by Gasteiger charge is -2.33. The molecule has 0 aliphatic carbocycles. The van der Waals surface area contributed by atoms with Gasteiger partial charge >= 0.3 is 16.6 Å². The van der Waals surface area contributed by atoms with Crippen molar-refractivity contribution in [3.63, 3.8) is 0 Å². The Morgan fingerprint density at radius 3 is 1.64 bits per heavy atom. The van der Waals surface area contributed by atoms with Crippen molar-refractivity contribution in [1.82, 2.24) is 0 Å². The topological polar surface area (TPSA) is 29.5 Å². The fourth-order valence-corrected chi connectivity index (χ4v) is 0.983. The largest absolute Gasteiger partial charge is 0.382 e. The summed E-state index contributed by atoms with van der Waals surface area (Å²) in [4.78, 5) is 0. The minimum atomic E-state index is -4.75. The van der Waals surface area contributed by atoms with E-state index in [0.29, 0.717) is 0 Å². The first-order valence-electron chi connectivity index (χ1n) is 3.12. The number of rotatable bonds is 5. The highest BCUT2D eigenvalue weighted by molar-refractivity contribution is 6.26. The third kappa shape index (κ3) is 3.00. The fourth-order valence-electron chi connectivity index (χ4n) is 0.511. The Kier molecular flexibility index (Phi) is 4.74. The highest BCUT2D eigenvalue weighted by Gasteiger charge is 2.68. The monoisotopic (exact) mass is 278 g/mol. The van der Waals surface area contributed by atoms with Crippen molar-refractivity contribution >= 4 is 34.8 Å². The molecule has 0 aliphatic rings. The van der Waals surface area contributed by atoms with Crippen LogP contribution < -0.4 is 0 Å². The molecule has 0 aromatic carbocycles. The molecule has 0 unspecified atom stereocenters. The molecule has 0 aromatic rings. The van der Waals surface area contributed by atoms with Gasteiger partial charge in [-0.25, -0.2) is 0 Å². The van der Waals surface area contributed by atoms with Gasteiger partial charge < -0.3 is 9.84 Å². The Bertz CT molecular complexity index is 176. The van der Waals surface area contributed by atoms with Gasteiger partial charge in [0.1, 0.15) is 0 Å². The predicted molar refractivity (Wildman–Crippen MR) is 43.2 cm³/mol. The molecular formula is C5H5Cl3F4O2. The zero-order chi connectivity index (χ0) is 11.6. The minimum Gasteiger partial charge on any atom is -0.354 e. The summed E-state index contributed by atoms with van der Waals surface area (Å²) in [5, 5.41) is -0.721. The first-order chi connectivity index (χ1) is 6.06. The van der Waals surface area contributed by atoms with Crippen molar-refractivity contribution in [2.24, 2.45) is 0 Å². The summed E-state index contributed by atoms with van der Waals surface area (Å²) in [7, 11) is 0. The zero-order valence-electron chi connectivity index (χ0n) is 6.42. The molecule has 0 aliphatic heterocycles. The molecule has 0 heterocycles. The number of hydrogen-bond acceptors (Lipinski definition) is 2. The third-order valence-electron chi connectivity index (χ3n) is 1.16. The van der Waals surface area contributed by atoms with E-state index in [1.165, 1.54) is 0 Å². The van der Waals surface area contributed by atoms with E-state index in [1.807, 2.05) is 0 Å². The first-order valence-corrected chi connectivity index (χ1v) is 4.41. The van der Waals surface area contributed by atoms with Gasteiger partial charge in [0.2, 0.25) is 0 Å². The van der Waals surface area contributed by atoms with Crippen LogP contribution in [0.5, 0.6) is 0 Å². The number of alkyl halides is 7. The first kappa shape index (κ1) is 14.5. The van der Waals surface area contributed by atoms with E-state index in [1.54, 1.807) is 0 Å². The Morgan fingerprint density at radius 1 is 1.07 bits per heavy atom. The number of hydrogen-bond donors (Lipinski definition) is 1. The van der Waals surface area contributed by atoms with Crippen molar-refractivity contribution in [3.8, 4) is 0 Å². The quantitative estimate of drug-likeness (QED) is 0.476. The third-order valence-corrected chi connectivity index (χ3v) is 1.82. The molecule has 0 spiro atoms. The van der Waals surface area contributed by atoms with Crippen molar-refractivity contribution in [2.45, 2.75) is 16.6 Å². The van der Waals surface area contributed by atoms with Crippen LogP contribution in [0.4, 0.5) is 17.6 Å². The predicted octanol–water partition coefficient (Wildman–Crippen LogP) is 2.59. The van der Waals surface area contributed by atoms with Crippen LogP contribution in [0.3, 0.4) is 0 Å². The Labute approximate surface area is 91.7 Å².